The first kappa shape index (κ1) is 28.3. The molecule has 41 heavy (non-hydrogen) atoms. The Bertz CT molecular complexity index is 1750. The van der Waals surface area contributed by atoms with Crippen LogP contribution in [0.5, 0.6) is 5.75 Å². The zero-order valence-electron chi connectivity index (χ0n) is 22.3. The lowest BCUT2D eigenvalue weighted by molar-refractivity contribution is 0.0893. The van der Waals surface area contributed by atoms with Crippen molar-refractivity contribution in [3.05, 3.63) is 112 Å². The molecule has 2 heterocycles. The zero-order valence-corrected chi connectivity index (χ0v) is 23.9. The number of aromatic amines is 1. The van der Waals surface area contributed by atoms with Gasteiger partial charge in [0, 0.05) is 7.05 Å². The van der Waals surface area contributed by atoms with Crippen molar-refractivity contribution >= 4 is 51.8 Å². The predicted molar refractivity (Wildman–Crippen MR) is 165 cm³/mol. The van der Waals surface area contributed by atoms with Gasteiger partial charge in [0.2, 0.25) is 0 Å². The molecular formula is C30H27ClN6O3S. The van der Waals surface area contributed by atoms with Crippen molar-refractivity contribution in [3.8, 4) is 11.4 Å². The third-order valence-corrected chi connectivity index (χ3v) is 7.51. The first-order valence-corrected chi connectivity index (χ1v) is 14.1. The van der Waals surface area contributed by atoms with Crippen LogP contribution in [-0.2, 0) is 17.1 Å². The molecule has 3 aromatic carbocycles. The molecule has 1 N–H and O–H groups in total. The molecule has 0 atom stereocenters. The Morgan fingerprint density at radius 3 is 2.66 bits per heavy atom. The van der Waals surface area contributed by atoms with Crippen molar-refractivity contribution < 1.29 is 9.47 Å². The number of aliphatic imine (C=N–C) groups is 2. The minimum absolute atomic E-state index is 0.273. The number of nitrogens with one attached hydrogen (secondary N) is 1. The minimum atomic E-state index is -0.289. The summed E-state index contributed by atoms with van der Waals surface area (Å²) in [6, 6.07) is 22.4. The fourth-order valence-electron chi connectivity index (χ4n) is 4.26. The quantitative estimate of drug-likeness (QED) is 0.116. The minimum Gasteiger partial charge on any atom is -0.490 e. The van der Waals surface area contributed by atoms with E-state index < -0.39 is 0 Å². The molecule has 0 aliphatic heterocycles. The van der Waals surface area contributed by atoms with Gasteiger partial charge in [-0.05, 0) is 36.5 Å². The van der Waals surface area contributed by atoms with E-state index in [-0.39, 0.29) is 12.2 Å². The predicted octanol–water partition coefficient (Wildman–Crippen LogP) is 6.00. The maximum atomic E-state index is 14.1. The van der Waals surface area contributed by atoms with Crippen LogP contribution in [0.4, 0.5) is 5.82 Å². The standard InChI is InChI=1S/C30H27ClN6O3S/c1-32-28-27(34-19-35-28)29(33-2)41-18-25-36-22-12-8-14-24(40-16-15-39-17-20-9-4-3-5-10-20)26(22)30(38)37(25)23-13-7-6-11-21(23)31/h3-14,19H,1,15-18H2,2H3,(H,34,35)/b33-29+. The number of aromatic nitrogens is 4. The average Bonchev–Trinajstić information content (AvgIpc) is 3.47. The second kappa shape index (κ2) is 13.4. The topological polar surface area (TPSA) is 107 Å². The highest BCUT2D eigenvalue weighted by Gasteiger charge is 2.20. The molecular weight excluding hydrogens is 560 g/mol. The Labute approximate surface area is 246 Å². The normalized spacial score (nSPS) is 11.6. The number of nitrogens with zero attached hydrogens (tertiary/aromatic N) is 5. The highest BCUT2D eigenvalue weighted by molar-refractivity contribution is 8.13. The molecule has 0 saturated heterocycles. The fraction of sp³-hybridized carbons (Fsp3) is 0.167. The van der Waals surface area contributed by atoms with Crippen LogP contribution >= 0.6 is 23.4 Å². The summed E-state index contributed by atoms with van der Waals surface area (Å²) in [5, 5.41) is 1.41. The van der Waals surface area contributed by atoms with Crippen LogP contribution in [0, 0.1) is 0 Å². The van der Waals surface area contributed by atoms with Gasteiger partial charge in [-0.25, -0.2) is 15.0 Å². The molecule has 0 saturated carbocycles. The SMILES string of the molecule is C=Nc1[nH]cnc1/C(=N\C)SCc1nc2cccc(OCCOCc3ccccc3)c2c(=O)n1-c1ccccc1Cl. The van der Waals surface area contributed by atoms with Gasteiger partial charge in [-0.3, -0.25) is 14.4 Å². The molecule has 208 valence electrons. The maximum Gasteiger partial charge on any atom is 0.269 e. The summed E-state index contributed by atoms with van der Waals surface area (Å²) in [6.45, 7) is 4.70. The Morgan fingerprint density at radius 1 is 1.07 bits per heavy atom. The molecule has 0 radical (unpaired) electrons. The Morgan fingerprint density at radius 2 is 1.88 bits per heavy atom. The summed E-state index contributed by atoms with van der Waals surface area (Å²) in [5.74, 6) is 1.75. The van der Waals surface area contributed by atoms with E-state index in [1.807, 2.05) is 48.5 Å². The van der Waals surface area contributed by atoms with Gasteiger partial charge in [-0.1, -0.05) is 71.9 Å². The van der Waals surface area contributed by atoms with E-state index in [0.717, 1.165) is 5.56 Å². The number of fused-ring (bicyclic) bond motifs is 1. The lowest BCUT2D eigenvalue weighted by Crippen LogP contribution is -2.25. The number of halogens is 1. The molecule has 0 unspecified atom stereocenters. The number of benzene rings is 3. The van der Waals surface area contributed by atoms with Crippen LogP contribution in [0.15, 0.2) is 93.9 Å². The van der Waals surface area contributed by atoms with Crippen LogP contribution in [0.25, 0.3) is 16.6 Å². The summed E-state index contributed by atoms with van der Waals surface area (Å²) in [5.41, 5.74) is 2.40. The summed E-state index contributed by atoms with van der Waals surface area (Å²) >= 11 is 7.96. The van der Waals surface area contributed by atoms with Crippen molar-refractivity contribution in [2.24, 2.45) is 9.98 Å². The van der Waals surface area contributed by atoms with Crippen LogP contribution in [0.1, 0.15) is 17.1 Å². The number of thioether (sulfide) groups is 1. The van der Waals surface area contributed by atoms with E-state index in [2.05, 4.69) is 26.7 Å². The number of imidazole rings is 1. The van der Waals surface area contributed by atoms with E-state index in [1.165, 1.54) is 22.7 Å². The summed E-state index contributed by atoms with van der Waals surface area (Å²) in [4.78, 5) is 34.6. The van der Waals surface area contributed by atoms with E-state index in [0.29, 0.717) is 68.7 Å². The van der Waals surface area contributed by atoms with Crippen LogP contribution in [-0.4, -0.2) is 51.5 Å². The zero-order chi connectivity index (χ0) is 28.6. The molecule has 0 amide bonds. The number of hydrogen-bond acceptors (Lipinski definition) is 8. The smallest absolute Gasteiger partial charge is 0.269 e. The van der Waals surface area contributed by atoms with Crippen LogP contribution in [0.3, 0.4) is 0 Å². The van der Waals surface area contributed by atoms with Crippen molar-refractivity contribution in [2.45, 2.75) is 12.4 Å². The molecule has 0 aliphatic carbocycles. The van der Waals surface area contributed by atoms with E-state index >= 15 is 0 Å². The maximum absolute atomic E-state index is 14.1. The van der Waals surface area contributed by atoms with Crippen molar-refractivity contribution in [3.63, 3.8) is 0 Å². The van der Waals surface area contributed by atoms with Crippen molar-refractivity contribution in [1.82, 2.24) is 19.5 Å². The third kappa shape index (κ3) is 6.40. The summed E-state index contributed by atoms with van der Waals surface area (Å²) in [6.07, 6.45) is 1.53. The van der Waals surface area contributed by atoms with Crippen molar-refractivity contribution in [2.75, 3.05) is 20.3 Å². The number of para-hydroxylation sites is 1. The molecule has 5 aromatic rings. The monoisotopic (exact) mass is 586 g/mol. The van der Waals surface area contributed by atoms with Crippen LogP contribution < -0.4 is 10.3 Å². The molecule has 2 aromatic heterocycles. The fourth-order valence-corrected chi connectivity index (χ4v) is 5.35. The highest BCUT2D eigenvalue weighted by atomic mass is 35.5. The molecule has 9 nitrogen and oxygen atoms in total. The van der Waals surface area contributed by atoms with Gasteiger partial charge in [0.05, 0.1) is 41.5 Å². The highest BCUT2D eigenvalue weighted by Crippen LogP contribution is 2.28. The average molecular weight is 587 g/mol. The van der Waals surface area contributed by atoms with Gasteiger partial charge >= 0.3 is 0 Å². The summed E-state index contributed by atoms with van der Waals surface area (Å²) in [7, 11) is 1.67. The van der Waals surface area contributed by atoms with Gasteiger partial charge < -0.3 is 14.5 Å². The second-order valence-corrected chi connectivity index (χ2v) is 10.1. The van der Waals surface area contributed by atoms with Gasteiger partial charge in [-0.2, -0.15) is 0 Å². The lowest BCUT2D eigenvalue weighted by Gasteiger charge is -2.16. The molecule has 5 rings (SSSR count). The van der Waals surface area contributed by atoms with E-state index in [1.54, 1.807) is 31.3 Å². The van der Waals surface area contributed by atoms with Crippen LogP contribution in [0.2, 0.25) is 5.02 Å². The van der Waals surface area contributed by atoms with Gasteiger partial charge in [0.25, 0.3) is 5.56 Å². The first-order valence-electron chi connectivity index (χ1n) is 12.7. The lowest BCUT2D eigenvalue weighted by atomic mass is 10.2. The Balaban J connectivity index is 1.45. The number of rotatable bonds is 11. The number of H-pyrrole nitrogens is 1. The summed E-state index contributed by atoms with van der Waals surface area (Å²) < 4.78 is 13.3. The molecule has 0 spiro atoms. The first-order chi connectivity index (χ1) is 20.1. The second-order valence-electron chi connectivity index (χ2n) is 8.73. The number of ether oxygens (including phenoxy) is 2. The third-order valence-electron chi connectivity index (χ3n) is 6.14. The molecule has 0 aliphatic rings. The van der Waals surface area contributed by atoms with E-state index in [4.69, 9.17) is 26.1 Å². The van der Waals surface area contributed by atoms with Crippen molar-refractivity contribution in [1.29, 1.82) is 0 Å². The largest absolute Gasteiger partial charge is 0.490 e. The molecule has 0 fully saturated rings. The number of hydrogen-bond donors (Lipinski definition) is 1. The van der Waals surface area contributed by atoms with Gasteiger partial charge in [0.15, 0.2) is 5.82 Å². The molecule has 11 heteroatoms. The Hall–Kier alpha value is -4.25. The van der Waals surface area contributed by atoms with E-state index in [9.17, 15) is 4.79 Å². The van der Waals surface area contributed by atoms with Gasteiger partial charge in [0.1, 0.15) is 34.3 Å². The van der Waals surface area contributed by atoms with Gasteiger partial charge in [-0.15, -0.1) is 0 Å². The Kier molecular flexibility index (Phi) is 9.25. The molecule has 0 bridgehead atoms.